The standard InChI is InChI=1S/C17H18O3/c1-2-16(13-6-4-3-5-7-13)14-8-10-15(11-9-14)20-12-17(18)19/h3-11,16H,2,12H2,1H3,(H,18,19). The van der Waals surface area contributed by atoms with Crippen LogP contribution in [0.4, 0.5) is 0 Å². The number of carboxylic acids is 1. The van der Waals surface area contributed by atoms with E-state index in [1.165, 1.54) is 11.1 Å². The molecule has 0 saturated carbocycles. The average molecular weight is 270 g/mol. The van der Waals surface area contributed by atoms with E-state index in [0.29, 0.717) is 11.7 Å². The summed E-state index contributed by atoms with van der Waals surface area (Å²) in [7, 11) is 0. The molecule has 0 amide bonds. The molecule has 0 aliphatic carbocycles. The first kappa shape index (κ1) is 14.1. The Hall–Kier alpha value is -2.29. The van der Waals surface area contributed by atoms with Gasteiger partial charge in [-0.25, -0.2) is 4.79 Å². The van der Waals surface area contributed by atoms with E-state index in [9.17, 15) is 4.79 Å². The molecule has 3 heteroatoms. The Labute approximate surface area is 118 Å². The molecule has 0 spiro atoms. The lowest BCUT2D eigenvalue weighted by atomic mass is 9.89. The van der Waals surface area contributed by atoms with Gasteiger partial charge in [0.2, 0.25) is 0 Å². The van der Waals surface area contributed by atoms with Gasteiger partial charge in [0.05, 0.1) is 0 Å². The highest BCUT2D eigenvalue weighted by Crippen LogP contribution is 2.28. The van der Waals surface area contributed by atoms with E-state index in [0.717, 1.165) is 6.42 Å². The van der Waals surface area contributed by atoms with E-state index in [4.69, 9.17) is 9.84 Å². The monoisotopic (exact) mass is 270 g/mol. The van der Waals surface area contributed by atoms with Crippen LogP contribution in [0.2, 0.25) is 0 Å². The second-order valence-electron chi connectivity index (χ2n) is 4.62. The van der Waals surface area contributed by atoms with Crippen molar-refractivity contribution in [2.45, 2.75) is 19.3 Å². The molecule has 0 aliphatic rings. The van der Waals surface area contributed by atoms with Crippen LogP contribution in [0.5, 0.6) is 5.75 Å². The molecule has 1 unspecified atom stereocenters. The summed E-state index contributed by atoms with van der Waals surface area (Å²) < 4.78 is 5.14. The van der Waals surface area contributed by atoms with Gasteiger partial charge in [-0.15, -0.1) is 0 Å². The normalized spacial score (nSPS) is 11.8. The molecule has 0 fully saturated rings. The highest BCUT2D eigenvalue weighted by Gasteiger charge is 2.11. The Morgan fingerprint density at radius 1 is 1.05 bits per heavy atom. The van der Waals surface area contributed by atoms with Crippen molar-refractivity contribution in [2.24, 2.45) is 0 Å². The van der Waals surface area contributed by atoms with E-state index >= 15 is 0 Å². The van der Waals surface area contributed by atoms with Crippen molar-refractivity contribution in [3.05, 3.63) is 65.7 Å². The molecule has 3 nitrogen and oxygen atoms in total. The first-order chi connectivity index (χ1) is 9.70. The molecule has 0 bridgehead atoms. The summed E-state index contributed by atoms with van der Waals surface area (Å²) in [6, 6.07) is 18.0. The van der Waals surface area contributed by atoms with Gasteiger partial charge in [0.25, 0.3) is 0 Å². The lowest BCUT2D eigenvalue weighted by Crippen LogP contribution is -2.09. The van der Waals surface area contributed by atoms with Gasteiger partial charge >= 0.3 is 5.97 Å². The number of rotatable bonds is 6. The van der Waals surface area contributed by atoms with Crippen molar-refractivity contribution < 1.29 is 14.6 Å². The first-order valence-corrected chi connectivity index (χ1v) is 6.70. The van der Waals surface area contributed by atoms with Crippen LogP contribution in [0.25, 0.3) is 0 Å². The lowest BCUT2D eigenvalue weighted by Gasteiger charge is -2.16. The van der Waals surface area contributed by atoms with Crippen LogP contribution in [0.15, 0.2) is 54.6 Å². The molecule has 1 N–H and O–H groups in total. The summed E-state index contributed by atoms with van der Waals surface area (Å²) in [6.07, 6.45) is 1.01. The van der Waals surface area contributed by atoms with Crippen LogP contribution in [0.1, 0.15) is 30.4 Å². The Morgan fingerprint density at radius 2 is 1.65 bits per heavy atom. The van der Waals surface area contributed by atoms with Crippen molar-refractivity contribution in [3.8, 4) is 5.75 Å². The quantitative estimate of drug-likeness (QED) is 0.870. The summed E-state index contributed by atoms with van der Waals surface area (Å²) in [5, 5.41) is 8.58. The summed E-state index contributed by atoms with van der Waals surface area (Å²) in [4.78, 5) is 10.5. The van der Waals surface area contributed by atoms with E-state index in [-0.39, 0.29) is 6.61 Å². The number of carbonyl (C=O) groups is 1. The van der Waals surface area contributed by atoms with Crippen LogP contribution in [0.3, 0.4) is 0 Å². The molecule has 0 aliphatic heterocycles. The predicted octanol–water partition coefficient (Wildman–Crippen LogP) is 3.69. The molecule has 2 aromatic carbocycles. The van der Waals surface area contributed by atoms with Crippen LogP contribution in [-0.2, 0) is 4.79 Å². The fourth-order valence-electron chi connectivity index (χ4n) is 2.29. The molecule has 1 atom stereocenters. The van der Waals surface area contributed by atoms with Gasteiger partial charge < -0.3 is 9.84 Å². The SMILES string of the molecule is CCC(c1ccccc1)c1ccc(OCC(=O)O)cc1. The zero-order valence-electron chi connectivity index (χ0n) is 11.5. The highest BCUT2D eigenvalue weighted by atomic mass is 16.5. The second kappa shape index (κ2) is 6.75. The van der Waals surface area contributed by atoms with Crippen molar-refractivity contribution in [1.29, 1.82) is 0 Å². The van der Waals surface area contributed by atoms with Crippen LogP contribution in [0, 0.1) is 0 Å². The Bertz CT molecular complexity index is 546. The van der Waals surface area contributed by atoms with Crippen molar-refractivity contribution >= 4 is 5.97 Å². The minimum absolute atomic E-state index is 0.310. The number of carboxylic acid groups (broad SMARTS) is 1. The Balaban J connectivity index is 2.13. The summed E-state index contributed by atoms with van der Waals surface area (Å²) in [6.45, 7) is 1.85. The van der Waals surface area contributed by atoms with Gasteiger partial charge in [-0.2, -0.15) is 0 Å². The third kappa shape index (κ3) is 3.60. The lowest BCUT2D eigenvalue weighted by molar-refractivity contribution is -0.139. The van der Waals surface area contributed by atoms with E-state index in [1.54, 1.807) is 0 Å². The van der Waals surface area contributed by atoms with Crippen molar-refractivity contribution in [3.63, 3.8) is 0 Å². The molecule has 0 heterocycles. The average Bonchev–Trinajstić information content (AvgIpc) is 2.48. The molecular formula is C17H18O3. The van der Waals surface area contributed by atoms with E-state index in [2.05, 4.69) is 19.1 Å². The molecular weight excluding hydrogens is 252 g/mol. The van der Waals surface area contributed by atoms with Gasteiger partial charge in [-0.3, -0.25) is 0 Å². The fourth-order valence-corrected chi connectivity index (χ4v) is 2.29. The highest BCUT2D eigenvalue weighted by molar-refractivity contribution is 5.68. The minimum atomic E-state index is -0.968. The second-order valence-corrected chi connectivity index (χ2v) is 4.62. The summed E-state index contributed by atoms with van der Waals surface area (Å²) in [5.41, 5.74) is 2.50. The summed E-state index contributed by atoms with van der Waals surface area (Å²) >= 11 is 0. The number of benzene rings is 2. The summed E-state index contributed by atoms with van der Waals surface area (Å²) in [5.74, 6) is -0.0337. The van der Waals surface area contributed by atoms with Gasteiger partial charge in [0.15, 0.2) is 6.61 Å². The largest absolute Gasteiger partial charge is 0.482 e. The number of ether oxygens (including phenoxy) is 1. The van der Waals surface area contributed by atoms with E-state index < -0.39 is 5.97 Å². The zero-order valence-corrected chi connectivity index (χ0v) is 11.5. The molecule has 20 heavy (non-hydrogen) atoms. The molecule has 2 rings (SSSR count). The first-order valence-electron chi connectivity index (χ1n) is 6.70. The van der Waals surface area contributed by atoms with Crippen LogP contribution >= 0.6 is 0 Å². The molecule has 0 saturated heterocycles. The zero-order chi connectivity index (χ0) is 14.4. The van der Waals surface area contributed by atoms with E-state index in [1.807, 2.05) is 42.5 Å². The minimum Gasteiger partial charge on any atom is -0.482 e. The molecule has 0 radical (unpaired) electrons. The Morgan fingerprint density at radius 3 is 2.20 bits per heavy atom. The molecule has 104 valence electrons. The molecule has 0 aromatic heterocycles. The van der Waals surface area contributed by atoms with Gasteiger partial charge in [-0.05, 0) is 29.7 Å². The van der Waals surface area contributed by atoms with Crippen molar-refractivity contribution in [1.82, 2.24) is 0 Å². The molecule has 2 aromatic rings. The van der Waals surface area contributed by atoms with Crippen molar-refractivity contribution in [2.75, 3.05) is 6.61 Å². The fraction of sp³-hybridized carbons (Fsp3) is 0.235. The number of aliphatic carboxylic acids is 1. The Kier molecular flexibility index (Phi) is 4.77. The number of hydrogen-bond donors (Lipinski definition) is 1. The van der Waals surface area contributed by atoms with Gasteiger partial charge in [0, 0.05) is 5.92 Å². The predicted molar refractivity (Wildman–Crippen MR) is 78.1 cm³/mol. The topological polar surface area (TPSA) is 46.5 Å². The van der Waals surface area contributed by atoms with Gasteiger partial charge in [0.1, 0.15) is 5.75 Å². The number of hydrogen-bond acceptors (Lipinski definition) is 2. The van der Waals surface area contributed by atoms with Crippen LogP contribution < -0.4 is 4.74 Å². The smallest absolute Gasteiger partial charge is 0.341 e. The van der Waals surface area contributed by atoms with Crippen LogP contribution in [-0.4, -0.2) is 17.7 Å². The maximum absolute atomic E-state index is 10.5. The third-order valence-corrected chi connectivity index (χ3v) is 3.25. The third-order valence-electron chi connectivity index (χ3n) is 3.25. The van der Waals surface area contributed by atoms with Gasteiger partial charge in [-0.1, -0.05) is 49.4 Å². The maximum Gasteiger partial charge on any atom is 0.341 e. The maximum atomic E-state index is 10.5.